The Morgan fingerprint density at radius 1 is 1.08 bits per heavy atom. The van der Waals surface area contributed by atoms with E-state index in [1.807, 2.05) is 12.1 Å². The molecule has 1 aromatic carbocycles. The summed E-state index contributed by atoms with van der Waals surface area (Å²) in [5, 5.41) is 0. The summed E-state index contributed by atoms with van der Waals surface area (Å²) < 4.78 is 40.1. The van der Waals surface area contributed by atoms with Gasteiger partial charge in [0.1, 0.15) is 0 Å². The first-order valence-electron chi connectivity index (χ1n) is 8.74. The number of ketones is 1. The van der Waals surface area contributed by atoms with Crippen molar-refractivity contribution in [2.24, 2.45) is 5.92 Å². The minimum atomic E-state index is -1.63. The molecule has 2 aromatic rings. The van der Waals surface area contributed by atoms with Gasteiger partial charge in [-0.05, 0) is 69.6 Å². The molecule has 0 bridgehead atoms. The SMILES string of the molecule is CN1CCC(Cc2cccc(CC(=O)c3ccc(F)c(F)c3F)n2)CC1. The third kappa shape index (κ3) is 4.30. The van der Waals surface area contributed by atoms with Crippen LogP contribution in [0.1, 0.15) is 34.6 Å². The number of hydrogen-bond acceptors (Lipinski definition) is 3. The van der Waals surface area contributed by atoms with Gasteiger partial charge in [-0.15, -0.1) is 0 Å². The summed E-state index contributed by atoms with van der Waals surface area (Å²) in [6.45, 7) is 2.14. The van der Waals surface area contributed by atoms with Gasteiger partial charge in [-0.25, -0.2) is 13.2 Å². The number of halogens is 3. The van der Waals surface area contributed by atoms with Gasteiger partial charge >= 0.3 is 0 Å². The molecule has 3 rings (SSSR count). The fraction of sp³-hybridized carbons (Fsp3) is 0.400. The summed E-state index contributed by atoms with van der Waals surface area (Å²) in [6, 6.07) is 7.16. The van der Waals surface area contributed by atoms with Crippen molar-refractivity contribution in [1.82, 2.24) is 9.88 Å². The van der Waals surface area contributed by atoms with Crippen LogP contribution in [0.2, 0.25) is 0 Å². The first-order valence-corrected chi connectivity index (χ1v) is 8.74. The molecule has 0 aliphatic carbocycles. The zero-order chi connectivity index (χ0) is 18.7. The monoisotopic (exact) mass is 362 g/mol. The highest BCUT2D eigenvalue weighted by Gasteiger charge is 2.20. The summed E-state index contributed by atoms with van der Waals surface area (Å²) >= 11 is 0. The quantitative estimate of drug-likeness (QED) is 0.599. The van der Waals surface area contributed by atoms with E-state index in [2.05, 4.69) is 16.9 Å². The predicted molar refractivity (Wildman–Crippen MR) is 92.5 cm³/mol. The van der Waals surface area contributed by atoms with Crippen LogP contribution in [0.15, 0.2) is 30.3 Å². The number of rotatable bonds is 5. The van der Waals surface area contributed by atoms with Gasteiger partial charge in [-0.1, -0.05) is 6.07 Å². The zero-order valence-corrected chi connectivity index (χ0v) is 14.6. The highest BCUT2D eigenvalue weighted by atomic mass is 19.2. The number of carbonyl (C=O) groups is 1. The fourth-order valence-electron chi connectivity index (χ4n) is 3.30. The van der Waals surface area contributed by atoms with Gasteiger partial charge < -0.3 is 4.90 Å². The largest absolute Gasteiger partial charge is 0.306 e. The molecule has 0 atom stereocenters. The molecule has 6 heteroatoms. The molecule has 0 N–H and O–H groups in total. The molecule has 1 saturated heterocycles. The molecule has 0 amide bonds. The highest BCUT2D eigenvalue weighted by molar-refractivity contribution is 5.97. The van der Waals surface area contributed by atoms with Crippen molar-refractivity contribution in [2.75, 3.05) is 20.1 Å². The number of pyridine rings is 1. The van der Waals surface area contributed by atoms with Gasteiger partial charge in [0.15, 0.2) is 23.2 Å². The van der Waals surface area contributed by atoms with Crippen LogP contribution < -0.4 is 0 Å². The van der Waals surface area contributed by atoms with Gasteiger partial charge in [-0.3, -0.25) is 9.78 Å². The molecular formula is C20H21F3N2O. The predicted octanol–water partition coefficient (Wildman–Crippen LogP) is 3.81. The first-order chi connectivity index (χ1) is 12.4. The second-order valence-corrected chi connectivity index (χ2v) is 6.89. The molecule has 0 radical (unpaired) electrons. The number of likely N-dealkylation sites (tertiary alicyclic amines) is 1. The molecule has 1 aliphatic rings. The molecule has 1 aromatic heterocycles. The van der Waals surface area contributed by atoms with Crippen LogP contribution in [-0.4, -0.2) is 35.8 Å². The third-order valence-electron chi connectivity index (χ3n) is 4.88. The van der Waals surface area contributed by atoms with Gasteiger partial charge in [-0.2, -0.15) is 0 Å². The number of carbonyl (C=O) groups excluding carboxylic acids is 1. The molecule has 1 aliphatic heterocycles. The van der Waals surface area contributed by atoms with Crippen molar-refractivity contribution in [1.29, 1.82) is 0 Å². The summed E-state index contributed by atoms with van der Waals surface area (Å²) in [5.74, 6) is -4.44. The van der Waals surface area contributed by atoms with Crippen LogP contribution in [0.3, 0.4) is 0 Å². The van der Waals surface area contributed by atoms with Gasteiger partial charge in [0.05, 0.1) is 12.0 Å². The van der Waals surface area contributed by atoms with E-state index in [0.717, 1.165) is 50.2 Å². The summed E-state index contributed by atoms with van der Waals surface area (Å²) in [5.41, 5.74) is 0.951. The Morgan fingerprint density at radius 3 is 2.50 bits per heavy atom. The molecule has 138 valence electrons. The lowest BCUT2D eigenvalue weighted by Gasteiger charge is -2.28. The van der Waals surface area contributed by atoms with E-state index in [1.54, 1.807) is 6.07 Å². The maximum atomic E-state index is 13.8. The van der Waals surface area contributed by atoms with E-state index in [1.165, 1.54) is 0 Å². The normalized spacial score (nSPS) is 16.0. The minimum Gasteiger partial charge on any atom is -0.306 e. The second-order valence-electron chi connectivity index (χ2n) is 6.89. The molecule has 0 unspecified atom stereocenters. The third-order valence-corrected chi connectivity index (χ3v) is 4.88. The van der Waals surface area contributed by atoms with Crippen LogP contribution in [0.25, 0.3) is 0 Å². The van der Waals surface area contributed by atoms with Crippen molar-refractivity contribution in [2.45, 2.75) is 25.7 Å². The Balaban J connectivity index is 1.69. The Hall–Kier alpha value is -2.21. The fourth-order valence-corrected chi connectivity index (χ4v) is 3.30. The number of piperidine rings is 1. The molecular weight excluding hydrogens is 341 g/mol. The van der Waals surface area contributed by atoms with E-state index in [9.17, 15) is 18.0 Å². The van der Waals surface area contributed by atoms with Crippen molar-refractivity contribution < 1.29 is 18.0 Å². The van der Waals surface area contributed by atoms with E-state index < -0.39 is 28.8 Å². The Morgan fingerprint density at radius 2 is 1.77 bits per heavy atom. The lowest BCUT2D eigenvalue weighted by Crippen LogP contribution is -2.31. The zero-order valence-electron chi connectivity index (χ0n) is 14.6. The maximum Gasteiger partial charge on any atom is 0.195 e. The van der Waals surface area contributed by atoms with Crippen LogP contribution in [0.4, 0.5) is 13.2 Å². The average molecular weight is 362 g/mol. The highest BCUT2D eigenvalue weighted by Crippen LogP contribution is 2.21. The lowest BCUT2D eigenvalue weighted by atomic mass is 9.92. The van der Waals surface area contributed by atoms with Crippen molar-refractivity contribution in [3.63, 3.8) is 0 Å². The average Bonchev–Trinajstić information content (AvgIpc) is 2.62. The Bertz CT molecular complexity index is 802. The topological polar surface area (TPSA) is 33.2 Å². The van der Waals surface area contributed by atoms with E-state index in [-0.39, 0.29) is 6.42 Å². The first kappa shape index (κ1) is 18.6. The van der Waals surface area contributed by atoms with E-state index in [4.69, 9.17) is 0 Å². The maximum absolute atomic E-state index is 13.8. The second kappa shape index (κ2) is 7.99. The smallest absolute Gasteiger partial charge is 0.195 e. The standard InChI is InChI=1S/C20H21F3N2O/c1-25-9-7-13(8-10-25)11-14-3-2-4-15(24-14)12-18(26)16-5-6-17(21)20(23)19(16)22/h2-6,13H,7-12H2,1H3. The summed E-state index contributed by atoms with van der Waals surface area (Å²) in [6.07, 6.45) is 2.92. The van der Waals surface area contributed by atoms with Gasteiger partial charge in [0.25, 0.3) is 0 Å². The number of benzene rings is 1. The molecule has 3 nitrogen and oxygen atoms in total. The molecule has 0 spiro atoms. The van der Waals surface area contributed by atoms with Crippen molar-refractivity contribution >= 4 is 5.78 Å². The molecule has 0 saturated carbocycles. The van der Waals surface area contributed by atoms with Crippen LogP contribution in [-0.2, 0) is 12.8 Å². The number of Topliss-reactive ketones (excluding diaryl/α,β-unsaturated/α-hetero) is 1. The Kier molecular flexibility index (Phi) is 5.71. The summed E-state index contributed by atoms with van der Waals surface area (Å²) in [4.78, 5) is 19.1. The van der Waals surface area contributed by atoms with Crippen LogP contribution in [0.5, 0.6) is 0 Å². The van der Waals surface area contributed by atoms with Crippen LogP contribution in [0, 0.1) is 23.4 Å². The molecule has 26 heavy (non-hydrogen) atoms. The van der Waals surface area contributed by atoms with E-state index in [0.29, 0.717) is 11.6 Å². The van der Waals surface area contributed by atoms with E-state index >= 15 is 0 Å². The summed E-state index contributed by atoms with van der Waals surface area (Å²) in [7, 11) is 2.11. The van der Waals surface area contributed by atoms with Gasteiger partial charge in [0.2, 0.25) is 0 Å². The van der Waals surface area contributed by atoms with Gasteiger partial charge in [0, 0.05) is 11.4 Å². The van der Waals surface area contributed by atoms with Crippen molar-refractivity contribution in [3.05, 3.63) is 64.7 Å². The molecule has 1 fully saturated rings. The lowest BCUT2D eigenvalue weighted by molar-refractivity contribution is 0.0986. The van der Waals surface area contributed by atoms with Crippen molar-refractivity contribution in [3.8, 4) is 0 Å². The minimum absolute atomic E-state index is 0.150. The number of hydrogen-bond donors (Lipinski definition) is 0. The van der Waals surface area contributed by atoms with Crippen LogP contribution >= 0.6 is 0 Å². The molecule has 2 heterocycles. The number of aromatic nitrogens is 1. The Labute approximate surface area is 150 Å². The number of nitrogens with zero attached hydrogens (tertiary/aromatic N) is 2.